The van der Waals surface area contributed by atoms with Crippen LogP contribution in [0.2, 0.25) is 0 Å². The van der Waals surface area contributed by atoms with Gasteiger partial charge in [0.05, 0.1) is 11.8 Å². The van der Waals surface area contributed by atoms with Gasteiger partial charge in [-0.2, -0.15) is 0 Å². The number of allylic oxidation sites excluding steroid dienone is 2. The third-order valence-electron chi connectivity index (χ3n) is 2.81. The van der Waals surface area contributed by atoms with Crippen LogP contribution in [0.15, 0.2) is 35.0 Å². The van der Waals surface area contributed by atoms with E-state index in [1.54, 1.807) is 12.3 Å². The van der Waals surface area contributed by atoms with E-state index in [-0.39, 0.29) is 5.91 Å². The maximum Gasteiger partial charge on any atom is 0.268 e. The molecule has 1 N–H and O–H groups in total. The normalized spacial score (nSPS) is 11.4. The lowest BCUT2D eigenvalue weighted by Crippen LogP contribution is -2.26. The summed E-state index contributed by atoms with van der Waals surface area (Å²) in [5, 5.41) is 2.89. The molecule has 0 bridgehead atoms. The van der Waals surface area contributed by atoms with Crippen molar-refractivity contribution in [1.29, 1.82) is 0 Å². The fourth-order valence-corrected chi connectivity index (χ4v) is 1.90. The summed E-state index contributed by atoms with van der Waals surface area (Å²) in [5.74, 6) is -0.0484. The van der Waals surface area contributed by atoms with Crippen molar-refractivity contribution in [3.63, 3.8) is 0 Å². The fraction of sp³-hybridized carbons (Fsp3) is 0.357. The summed E-state index contributed by atoms with van der Waals surface area (Å²) in [6, 6.07) is 3.68. The zero-order chi connectivity index (χ0) is 13.0. The Labute approximate surface area is 106 Å². The zero-order valence-electron chi connectivity index (χ0n) is 10.8. The second-order valence-corrected chi connectivity index (χ2v) is 4.14. The molecule has 1 amide bonds. The van der Waals surface area contributed by atoms with Crippen molar-refractivity contribution in [2.75, 3.05) is 6.54 Å². The van der Waals surface area contributed by atoms with Gasteiger partial charge >= 0.3 is 0 Å². The lowest BCUT2D eigenvalue weighted by molar-refractivity contribution is 0.0945. The Hall–Kier alpha value is -1.97. The topological polar surface area (TPSA) is 47.2 Å². The lowest BCUT2D eigenvalue weighted by atomic mass is 10.3. The first-order valence-electron chi connectivity index (χ1n) is 6.24. The number of hydrogen-bond donors (Lipinski definition) is 1. The van der Waals surface area contributed by atoms with Gasteiger partial charge in [0.15, 0.2) is 5.58 Å². The van der Waals surface area contributed by atoms with Crippen molar-refractivity contribution < 1.29 is 9.21 Å². The number of rotatable bonds is 5. The third-order valence-corrected chi connectivity index (χ3v) is 2.81. The van der Waals surface area contributed by atoms with Crippen molar-refractivity contribution in [2.45, 2.75) is 26.8 Å². The van der Waals surface area contributed by atoms with E-state index in [1.165, 1.54) is 0 Å². The largest absolute Gasteiger partial charge is 0.463 e. The van der Waals surface area contributed by atoms with Gasteiger partial charge in [-0.3, -0.25) is 4.79 Å². The van der Waals surface area contributed by atoms with Crippen molar-refractivity contribution in [2.24, 2.45) is 0 Å². The van der Waals surface area contributed by atoms with Gasteiger partial charge in [-0.1, -0.05) is 19.1 Å². The molecule has 2 aromatic rings. The van der Waals surface area contributed by atoms with Crippen LogP contribution in [0.3, 0.4) is 0 Å². The Morgan fingerprint density at radius 3 is 3.11 bits per heavy atom. The number of carbonyl (C=O) groups is 1. The number of aromatic nitrogens is 1. The summed E-state index contributed by atoms with van der Waals surface area (Å²) >= 11 is 0. The summed E-state index contributed by atoms with van der Waals surface area (Å²) in [6.45, 7) is 5.36. The van der Waals surface area contributed by atoms with Crippen LogP contribution in [-0.2, 0) is 6.54 Å². The number of fused-ring (bicyclic) bond motifs is 1. The average molecular weight is 246 g/mol. The fourth-order valence-electron chi connectivity index (χ4n) is 1.90. The SMILES string of the molecule is C/C=C\Cn1c(C(=O)NCCC)cc2occc21. The summed E-state index contributed by atoms with van der Waals surface area (Å²) in [5.41, 5.74) is 2.35. The molecule has 4 heteroatoms. The molecule has 4 nitrogen and oxygen atoms in total. The molecule has 2 heterocycles. The van der Waals surface area contributed by atoms with Gasteiger partial charge in [0.1, 0.15) is 5.69 Å². The van der Waals surface area contributed by atoms with E-state index in [2.05, 4.69) is 5.32 Å². The molecule has 0 aliphatic carbocycles. The molecule has 0 atom stereocenters. The van der Waals surface area contributed by atoms with E-state index in [0.717, 1.165) is 17.5 Å². The van der Waals surface area contributed by atoms with Gasteiger partial charge < -0.3 is 14.3 Å². The summed E-state index contributed by atoms with van der Waals surface area (Å²) in [6.07, 6.45) is 6.56. The van der Waals surface area contributed by atoms with Gasteiger partial charge in [0, 0.05) is 25.2 Å². The van der Waals surface area contributed by atoms with Gasteiger partial charge in [0.2, 0.25) is 0 Å². The monoisotopic (exact) mass is 246 g/mol. The quantitative estimate of drug-likeness (QED) is 0.824. The van der Waals surface area contributed by atoms with Crippen LogP contribution in [0.4, 0.5) is 0 Å². The first-order chi connectivity index (χ1) is 8.77. The Kier molecular flexibility index (Phi) is 3.87. The minimum absolute atomic E-state index is 0.0484. The molecule has 0 aliphatic rings. The zero-order valence-corrected chi connectivity index (χ0v) is 10.8. The molecule has 0 radical (unpaired) electrons. The average Bonchev–Trinajstić information content (AvgIpc) is 2.94. The Balaban J connectivity index is 2.35. The van der Waals surface area contributed by atoms with Crippen molar-refractivity contribution in [3.05, 3.63) is 36.2 Å². The van der Waals surface area contributed by atoms with Crippen molar-refractivity contribution >= 4 is 17.0 Å². The number of hydrogen-bond acceptors (Lipinski definition) is 2. The van der Waals surface area contributed by atoms with E-state index in [1.807, 2.05) is 36.6 Å². The van der Waals surface area contributed by atoms with E-state index in [9.17, 15) is 4.79 Å². The second kappa shape index (κ2) is 5.58. The number of carbonyl (C=O) groups excluding carboxylic acids is 1. The molecule has 0 saturated carbocycles. The van der Waals surface area contributed by atoms with E-state index < -0.39 is 0 Å². The number of amides is 1. The Bertz CT molecular complexity index is 563. The summed E-state index contributed by atoms with van der Waals surface area (Å²) in [7, 11) is 0. The predicted molar refractivity (Wildman–Crippen MR) is 71.6 cm³/mol. The highest BCUT2D eigenvalue weighted by Crippen LogP contribution is 2.21. The predicted octanol–water partition coefficient (Wildman–Crippen LogP) is 2.95. The molecule has 0 fully saturated rings. The molecule has 0 aromatic carbocycles. The van der Waals surface area contributed by atoms with Crippen LogP contribution < -0.4 is 5.32 Å². The lowest BCUT2D eigenvalue weighted by Gasteiger charge is -2.07. The molecule has 2 rings (SSSR count). The minimum atomic E-state index is -0.0484. The highest BCUT2D eigenvalue weighted by Gasteiger charge is 2.15. The van der Waals surface area contributed by atoms with Crippen molar-refractivity contribution in [3.8, 4) is 0 Å². The van der Waals surface area contributed by atoms with Crippen LogP contribution >= 0.6 is 0 Å². The third kappa shape index (κ3) is 2.32. The summed E-state index contributed by atoms with van der Waals surface area (Å²) in [4.78, 5) is 12.1. The smallest absolute Gasteiger partial charge is 0.268 e. The molecular weight excluding hydrogens is 228 g/mol. The molecule has 18 heavy (non-hydrogen) atoms. The second-order valence-electron chi connectivity index (χ2n) is 4.14. The van der Waals surface area contributed by atoms with Crippen molar-refractivity contribution in [1.82, 2.24) is 9.88 Å². The maximum atomic E-state index is 12.1. The van der Waals surface area contributed by atoms with Gasteiger partial charge in [-0.25, -0.2) is 0 Å². The van der Waals surface area contributed by atoms with Crippen LogP contribution in [0.1, 0.15) is 30.8 Å². The Morgan fingerprint density at radius 2 is 2.39 bits per heavy atom. The number of nitrogens with zero attached hydrogens (tertiary/aromatic N) is 1. The number of furan rings is 1. The first kappa shape index (κ1) is 12.5. The Morgan fingerprint density at radius 1 is 1.56 bits per heavy atom. The molecule has 2 aromatic heterocycles. The van der Waals surface area contributed by atoms with Crippen LogP contribution in [-0.4, -0.2) is 17.0 Å². The van der Waals surface area contributed by atoms with Gasteiger partial charge in [-0.15, -0.1) is 0 Å². The van der Waals surface area contributed by atoms with Crippen LogP contribution in [0, 0.1) is 0 Å². The van der Waals surface area contributed by atoms with E-state index in [4.69, 9.17) is 4.42 Å². The molecule has 96 valence electrons. The highest BCUT2D eigenvalue weighted by molar-refractivity contribution is 5.97. The molecule has 0 saturated heterocycles. The van der Waals surface area contributed by atoms with E-state index in [0.29, 0.717) is 18.8 Å². The molecule has 0 unspecified atom stereocenters. The van der Waals surface area contributed by atoms with Crippen LogP contribution in [0.5, 0.6) is 0 Å². The van der Waals surface area contributed by atoms with Gasteiger partial charge in [0.25, 0.3) is 5.91 Å². The maximum absolute atomic E-state index is 12.1. The number of nitrogens with one attached hydrogen (secondary N) is 1. The van der Waals surface area contributed by atoms with E-state index >= 15 is 0 Å². The molecule has 0 aliphatic heterocycles. The molecular formula is C14H18N2O2. The van der Waals surface area contributed by atoms with Gasteiger partial charge in [-0.05, 0) is 13.3 Å². The summed E-state index contributed by atoms with van der Waals surface area (Å²) < 4.78 is 7.31. The first-order valence-corrected chi connectivity index (χ1v) is 6.24. The minimum Gasteiger partial charge on any atom is -0.463 e. The standard InChI is InChI=1S/C14H18N2O2/c1-3-5-8-16-11-6-9-18-13(11)10-12(16)14(17)15-7-4-2/h3,5-6,9-10H,4,7-8H2,1-2H3,(H,15,17)/b5-3-. The van der Waals surface area contributed by atoms with Crippen LogP contribution in [0.25, 0.3) is 11.1 Å². The molecule has 0 spiro atoms. The highest BCUT2D eigenvalue weighted by atomic mass is 16.3.